The van der Waals surface area contributed by atoms with E-state index in [0.717, 1.165) is 6.07 Å². The fourth-order valence-electron chi connectivity index (χ4n) is 1.96. The van der Waals surface area contributed by atoms with Crippen molar-refractivity contribution in [3.63, 3.8) is 0 Å². The molecule has 2 N–H and O–H groups in total. The van der Waals surface area contributed by atoms with Crippen molar-refractivity contribution in [1.82, 2.24) is 0 Å². The largest absolute Gasteiger partial charge is 0.497 e. The third-order valence-corrected chi connectivity index (χ3v) is 3.94. The van der Waals surface area contributed by atoms with E-state index < -0.39 is 23.2 Å². The Labute approximate surface area is 143 Å². The van der Waals surface area contributed by atoms with Crippen molar-refractivity contribution < 1.29 is 19.4 Å². The summed E-state index contributed by atoms with van der Waals surface area (Å²) < 4.78 is 43.5. The molecule has 7 heteroatoms. The van der Waals surface area contributed by atoms with Gasteiger partial charge in [-0.15, -0.1) is 0 Å². The van der Waals surface area contributed by atoms with Crippen LogP contribution in [0.2, 0.25) is 5.02 Å². The van der Waals surface area contributed by atoms with Crippen molar-refractivity contribution in [2.24, 2.45) is 5.14 Å². The highest BCUT2D eigenvalue weighted by molar-refractivity contribution is 7.82. The molecule has 2 atom stereocenters. The molecule has 0 radical (unpaired) electrons. The highest BCUT2D eigenvalue weighted by Gasteiger charge is 2.12. The fourth-order valence-corrected chi connectivity index (χ4v) is 2.57. The highest BCUT2D eigenvalue weighted by Crippen LogP contribution is 2.25. The van der Waals surface area contributed by atoms with Crippen molar-refractivity contribution in [3.8, 4) is 11.5 Å². The van der Waals surface area contributed by atoms with Crippen LogP contribution in [0.15, 0.2) is 36.4 Å². The fraction of sp³-hybridized carbons (Fsp3) is 0.250. The molecule has 0 heterocycles. The van der Waals surface area contributed by atoms with Gasteiger partial charge in [0.15, 0.2) is 0 Å². The highest BCUT2D eigenvalue weighted by atomic mass is 35.5. The molecule has 4 nitrogen and oxygen atoms in total. The first-order valence-corrected chi connectivity index (χ1v) is 8.46. The van der Waals surface area contributed by atoms with Crippen LogP contribution in [0.3, 0.4) is 0 Å². The van der Waals surface area contributed by atoms with E-state index in [9.17, 15) is 8.60 Å². The smallest absolute Gasteiger partial charge is 0.124 e. The van der Waals surface area contributed by atoms with E-state index in [1.165, 1.54) is 6.07 Å². The maximum atomic E-state index is 13.6. The average molecular weight is 359 g/mol. The van der Waals surface area contributed by atoms with E-state index >= 15 is 0 Å². The first-order valence-electron chi connectivity index (χ1n) is 7.28. The van der Waals surface area contributed by atoms with Gasteiger partial charge in [-0.2, -0.15) is 0 Å². The minimum atomic E-state index is -1.67. The van der Waals surface area contributed by atoms with Gasteiger partial charge in [-0.05, 0) is 48.4 Å². The Morgan fingerprint density at radius 1 is 1.30 bits per heavy atom. The molecule has 1 unspecified atom stereocenters. The van der Waals surface area contributed by atoms with E-state index in [0.29, 0.717) is 22.6 Å². The van der Waals surface area contributed by atoms with Crippen LogP contribution in [-0.4, -0.2) is 17.1 Å². The lowest BCUT2D eigenvalue weighted by Gasteiger charge is -2.13. The SMILES string of the molecule is [2H][C@@H](CS(N)=O)c1cc(F)cc(Cl)c1COc1ccc(OC)cc1. The molecule has 0 saturated carbocycles. The Morgan fingerprint density at radius 3 is 2.57 bits per heavy atom. The van der Waals surface area contributed by atoms with Gasteiger partial charge in [0.2, 0.25) is 0 Å². The summed E-state index contributed by atoms with van der Waals surface area (Å²) in [6.45, 7) is 0.0490. The molecule has 0 spiro atoms. The summed E-state index contributed by atoms with van der Waals surface area (Å²) >= 11 is 6.10. The minimum absolute atomic E-state index is 0.0490. The van der Waals surface area contributed by atoms with Crippen molar-refractivity contribution in [3.05, 3.63) is 58.4 Å². The van der Waals surface area contributed by atoms with Gasteiger partial charge in [-0.3, -0.25) is 5.14 Å². The zero-order chi connectivity index (χ0) is 17.7. The molecular formula is C16H17ClFNO3S. The number of aryl methyl sites for hydroxylation is 1. The topological polar surface area (TPSA) is 61.6 Å². The number of hydrogen-bond acceptors (Lipinski definition) is 3. The maximum Gasteiger partial charge on any atom is 0.124 e. The Kier molecular flexibility index (Phi) is 5.85. The first kappa shape index (κ1) is 16.2. The Balaban J connectivity index is 2.22. The number of hydrogen-bond donors (Lipinski definition) is 1. The van der Waals surface area contributed by atoms with Crippen molar-refractivity contribution >= 4 is 22.6 Å². The molecule has 0 bridgehead atoms. The summed E-state index contributed by atoms with van der Waals surface area (Å²) in [7, 11) is -0.103. The normalized spacial score (nSPS) is 14.0. The molecule has 0 aliphatic rings. The second kappa shape index (κ2) is 8.29. The standard InChI is InChI=1S/C16H17ClFNO3S/c1-21-13-2-4-14(5-3-13)22-10-15-11(6-7-23(19)20)8-12(18)9-16(15)17/h2-5,8-9H,6-7,10,19H2,1H3/i6D/t6-,23?/m0/s1. The van der Waals surface area contributed by atoms with E-state index in [1.54, 1.807) is 31.4 Å². The summed E-state index contributed by atoms with van der Waals surface area (Å²) in [5.41, 5.74) is 0.784. The van der Waals surface area contributed by atoms with Crippen LogP contribution < -0.4 is 14.6 Å². The molecule has 0 amide bonds. The van der Waals surface area contributed by atoms with Crippen molar-refractivity contribution in [1.29, 1.82) is 0 Å². The summed E-state index contributed by atoms with van der Waals surface area (Å²) in [6.07, 6.45) is -0.960. The predicted molar refractivity (Wildman–Crippen MR) is 89.6 cm³/mol. The molecule has 0 aliphatic heterocycles. The summed E-state index contributed by atoms with van der Waals surface area (Å²) in [4.78, 5) is 0. The average Bonchev–Trinajstić information content (AvgIpc) is 2.53. The van der Waals surface area contributed by atoms with Gasteiger partial charge in [0.25, 0.3) is 0 Å². The Bertz CT molecular complexity index is 730. The number of nitrogens with two attached hydrogens (primary N) is 1. The molecule has 2 rings (SSSR count). The second-order valence-corrected chi connectivity index (χ2v) is 6.17. The molecule has 0 aromatic heterocycles. The second-order valence-electron chi connectivity index (χ2n) is 4.67. The third-order valence-electron chi connectivity index (χ3n) is 3.10. The Hall–Kier alpha value is -1.63. The number of halogens is 2. The van der Waals surface area contributed by atoms with Gasteiger partial charge < -0.3 is 9.47 Å². The predicted octanol–water partition coefficient (Wildman–Crippen LogP) is 3.23. The molecule has 23 heavy (non-hydrogen) atoms. The van der Waals surface area contributed by atoms with Crippen LogP contribution in [0.5, 0.6) is 11.5 Å². The first-order chi connectivity index (χ1) is 11.4. The molecule has 2 aromatic carbocycles. The van der Waals surface area contributed by atoms with Gasteiger partial charge >= 0.3 is 0 Å². The minimum Gasteiger partial charge on any atom is -0.497 e. The number of benzene rings is 2. The molecule has 0 fully saturated rings. The van der Waals surface area contributed by atoms with Crippen LogP contribution in [0.4, 0.5) is 4.39 Å². The number of ether oxygens (including phenoxy) is 2. The number of rotatable bonds is 7. The summed E-state index contributed by atoms with van der Waals surface area (Å²) in [6, 6.07) is 9.29. The monoisotopic (exact) mass is 358 g/mol. The lowest BCUT2D eigenvalue weighted by molar-refractivity contribution is 0.304. The molecule has 0 saturated heterocycles. The van der Waals surface area contributed by atoms with E-state index in [2.05, 4.69) is 0 Å². The number of methoxy groups -OCH3 is 1. The van der Waals surface area contributed by atoms with E-state index in [4.69, 9.17) is 27.6 Å². The van der Waals surface area contributed by atoms with Crippen LogP contribution in [-0.2, 0) is 24.0 Å². The maximum absolute atomic E-state index is 13.6. The summed E-state index contributed by atoms with van der Waals surface area (Å²) in [5, 5.41) is 5.38. The van der Waals surface area contributed by atoms with Gasteiger partial charge in [-0.1, -0.05) is 11.6 Å². The lowest BCUT2D eigenvalue weighted by Crippen LogP contribution is -2.12. The quantitative estimate of drug-likeness (QED) is 0.826. The zero-order valence-corrected chi connectivity index (χ0v) is 14.0. The van der Waals surface area contributed by atoms with Gasteiger partial charge in [0, 0.05) is 12.7 Å². The van der Waals surface area contributed by atoms with Gasteiger partial charge in [0.05, 0.1) is 23.1 Å². The van der Waals surface area contributed by atoms with Crippen molar-refractivity contribution in [2.45, 2.75) is 13.0 Å². The molecule has 124 valence electrons. The summed E-state index contributed by atoms with van der Waals surface area (Å²) in [5.74, 6) is 0.587. The molecule has 2 aromatic rings. The molecular weight excluding hydrogens is 341 g/mol. The van der Waals surface area contributed by atoms with Crippen LogP contribution in [0.1, 0.15) is 12.5 Å². The van der Waals surface area contributed by atoms with Crippen LogP contribution in [0.25, 0.3) is 0 Å². The van der Waals surface area contributed by atoms with E-state index in [1.807, 2.05) is 0 Å². The zero-order valence-electron chi connectivity index (χ0n) is 13.4. The van der Waals surface area contributed by atoms with Crippen LogP contribution >= 0.6 is 11.6 Å². The molecule has 0 aliphatic carbocycles. The van der Waals surface area contributed by atoms with Gasteiger partial charge in [-0.25, -0.2) is 8.60 Å². The van der Waals surface area contributed by atoms with Gasteiger partial charge in [0.1, 0.15) is 23.9 Å². The van der Waals surface area contributed by atoms with Crippen LogP contribution in [0, 0.1) is 5.82 Å². The Morgan fingerprint density at radius 2 is 1.96 bits per heavy atom. The lowest BCUT2D eigenvalue weighted by atomic mass is 10.1. The van der Waals surface area contributed by atoms with E-state index in [-0.39, 0.29) is 17.4 Å². The third kappa shape index (κ3) is 5.20. The van der Waals surface area contributed by atoms with Crippen molar-refractivity contribution in [2.75, 3.05) is 12.9 Å².